The van der Waals surface area contributed by atoms with Gasteiger partial charge >= 0.3 is 5.97 Å². The number of hydrogen-bond acceptors (Lipinski definition) is 4. The molecule has 17 heavy (non-hydrogen) atoms. The average Bonchev–Trinajstić information content (AvgIpc) is 2.36. The summed E-state index contributed by atoms with van der Waals surface area (Å²) in [7, 11) is 0. The van der Waals surface area contributed by atoms with E-state index in [0.29, 0.717) is 18.5 Å². The molecule has 1 heterocycles. The molecule has 0 aromatic carbocycles. The topological polar surface area (TPSA) is 86.0 Å². The van der Waals surface area contributed by atoms with E-state index in [1.54, 1.807) is 12.1 Å². The van der Waals surface area contributed by atoms with Crippen molar-refractivity contribution in [1.29, 1.82) is 5.26 Å². The zero-order valence-corrected chi connectivity index (χ0v) is 9.90. The standard InChI is InChI=1S/C12H15N3O2/c1-3-12(4-2,11(16)17)15-9-5-6-14-10(7-9)8-13/h5-7H,3-4H2,1-2H3,(H,14,15)(H,16,17). The zero-order valence-electron chi connectivity index (χ0n) is 9.90. The number of carbonyl (C=O) groups is 1. The second kappa shape index (κ2) is 5.30. The van der Waals surface area contributed by atoms with Crippen LogP contribution in [0.3, 0.4) is 0 Å². The SMILES string of the molecule is CCC(CC)(Nc1ccnc(C#N)c1)C(=O)O. The molecule has 0 fully saturated rings. The molecule has 1 aromatic rings. The first-order valence-corrected chi connectivity index (χ1v) is 5.45. The van der Waals surface area contributed by atoms with Crippen molar-refractivity contribution in [2.45, 2.75) is 32.2 Å². The van der Waals surface area contributed by atoms with Crippen LogP contribution in [0.25, 0.3) is 0 Å². The van der Waals surface area contributed by atoms with Crippen molar-refractivity contribution >= 4 is 11.7 Å². The molecule has 0 spiro atoms. The molecule has 90 valence electrons. The van der Waals surface area contributed by atoms with Crippen LogP contribution < -0.4 is 5.32 Å². The number of nitrogens with zero attached hydrogens (tertiary/aromatic N) is 2. The van der Waals surface area contributed by atoms with E-state index in [0.717, 1.165) is 0 Å². The first-order valence-electron chi connectivity index (χ1n) is 5.45. The van der Waals surface area contributed by atoms with Gasteiger partial charge in [0.1, 0.15) is 17.3 Å². The van der Waals surface area contributed by atoms with Gasteiger partial charge in [0.2, 0.25) is 0 Å². The minimum atomic E-state index is -0.992. The van der Waals surface area contributed by atoms with Crippen molar-refractivity contribution in [1.82, 2.24) is 4.98 Å². The summed E-state index contributed by atoms with van der Waals surface area (Å²) in [6.45, 7) is 3.63. The van der Waals surface area contributed by atoms with Crippen molar-refractivity contribution in [3.05, 3.63) is 24.0 Å². The minimum absolute atomic E-state index is 0.265. The molecule has 2 N–H and O–H groups in total. The molecular formula is C12H15N3O2. The number of hydrogen-bond donors (Lipinski definition) is 2. The molecule has 0 aliphatic rings. The fraction of sp³-hybridized carbons (Fsp3) is 0.417. The lowest BCUT2D eigenvalue weighted by Gasteiger charge is -2.29. The highest BCUT2D eigenvalue weighted by Gasteiger charge is 2.34. The second-order valence-corrected chi connectivity index (χ2v) is 3.76. The van der Waals surface area contributed by atoms with E-state index >= 15 is 0 Å². The summed E-state index contributed by atoms with van der Waals surface area (Å²) in [4.78, 5) is 15.1. The highest BCUT2D eigenvalue weighted by atomic mass is 16.4. The van der Waals surface area contributed by atoms with Crippen LogP contribution >= 0.6 is 0 Å². The third-order valence-corrected chi connectivity index (χ3v) is 2.87. The fourth-order valence-corrected chi connectivity index (χ4v) is 1.63. The Balaban J connectivity index is 3.02. The van der Waals surface area contributed by atoms with E-state index in [4.69, 9.17) is 5.26 Å². The van der Waals surface area contributed by atoms with Gasteiger partial charge in [-0.05, 0) is 25.0 Å². The number of aliphatic carboxylic acids is 1. The highest BCUT2D eigenvalue weighted by molar-refractivity contribution is 5.82. The molecule has 1 rings (SSSR count). The Labute approximate surface area is 100 Å². The van der Waals surface area contributed by atoms with Crippen LogP contribution in [-0.2, 0) is 4.79 Å². The first kappa shape index (κ1) is 13.0. The molecule has 0 unspecified atom stereocenters. The number of rotatable bonds is 5. The summed E-state index contributed by atoms with van der Waals surface area (Å²) >= 11 is 0. The predicted octanol–water partition coefficient (Wildman–Crippen LogP) is 2.01. The zero-order chi connectivity index (χ0) is 12.9. The highest BCUT2D eigenvalue weighted by Crippen LogP contribution is 2.22. The van der Waals surface area contributed by atoms with Crippen LogP contribution in [-0.4, -0.2) is 21.6 Å². The predicted molar refractivity (Wildman–Crippen MR) is 63.5 cm³/mol. The lowest BCUT2D eigenvalue weighted by atomic mass is 9.92. The monoisotopic (exact) mass is 233 g/mol. The molecular weight excluding hydrogens is 218 g/mol. The molecule has 0 aliphatic heterocycles. The van der Waals surface area contributed by atoms with Gasteiger partial charge in [-0.1, -0.05) is 13.8 Å². The molecule has 0 saturated heterocycles. The number of carboxylic acids is 1. The Morgan fingerprint density at radius 1 is 1.59 bits per heavy atom. The smallest absolute Gasteiger partial charge is 0.329 e. The third-order valence-electron chi connectivity index (χ3n) is 2.87. The Hall–Kier alpha value is -2.09. The van der Waals surface area contributed by atoms with Gasteiger partial charge in [0.15, 0.2) is 0 Å². The molecule has 1 aromatic heterocycles. The van der Waals surface area contributed by atoms with Crippen LogP contribution in [0.15, 0.2) is 18.3 Å². The fourth-order valence-electron chi connectivity index (χ4n) is 1.63. The van der Waals surface area contributed by atoms with E-state index in [1.165, 1.54) is 6.20 Å². The third kappa shape index (κ3) is 2.72. The molecule has 5 heteroatoms. The van der Waals surface area contributed by atoms with Gasteiger partial charge in [0.05, 0.1) is 0 Å². The summed E-state index contributed by atoms with van der Waals surface area (Å²) in [5.41, 5.74) is -0.127. The lowest BCUT2D eigenvalue weighted by Crippen LogP contribution is -2.45. The summed E-state index contributed by atoms with van der Waals surface area (Å²) < 4.78 is 0. The lowest BCUT2D eigenvalue weighted by molar-refractivity contribution is -0.142. The van der Waals surface area contributed by atoms with Gasteiger partial charge in [-0.2, -0.15) is 5.26 Å². The van der Waals surface area contributed by atoms with Crippen LogP contribution in [0, 0.1) is 11.3 Å². The van der Waals surface area contributed by atoms with Gasteiger partial charge in [-0.3, -0.25) is 0 Å². The maximum atomic E-state index is 11.3. The normalized spacial score (nSPS) is 10.6. The Bertz CT molecular complexity index is 447. The van der Waals surface area contributed by atoms with Crippen molar-refractivity contribution in [2.75, 3.05) is 5.32 Å². The van der Waals surface area contributed by atoms with Crippen molar-refractivity contribution in [3.63, 3.8) is 0 Å². The van der Waals surface area contributed by atoms with E-state index in [1.807, 2.05) is 19.9 Å². The number of aromatic nitrogens is 1. The van der Waals surface area contributed by atoms with Crippen LogP contribution in [0.2, 0.25) is 0 Å². The number of nitrogens with one attached hydrogen (secondary N) is 1. The molecule has 5 nitrogen and oxygen atoms in total. The van der Waals surface area contributed by atoms with Gasteiger partial charge in [0, 0.05) is 11.9 Å². The second-order valence-electron chi connectivity index (χ2n) is 3.76. The van der Waals surface area contributed by atoms with Crippen molar-refractivity contribution in [2.24, 2.45) is 0 Å². The Kier molecular flexibility index (Phi) is 4.05. The number of nitriles is 1. The van der Waals surface area contributed by atoms with E-state index in [9.17, 15) is 9.90 Å². The van der Waals surface area contributed by atoms with Gasteiger partial charge < -0.3 is 10.4 Å². The molecule has 0 radical (unpaired) electrons. The van der Waals surface area contributed by atoms with Crippen molar-refractivity contribution < 1.29 is 9.90 Å². The largest absolute Gasteiger partial charge is 0.480 e. The van der Waals surface area contributed by atoms with Gasteiger partial charge in [-0.25, -0.2) is 9.78 Å². The Morgan fingerprint density at radius 2 is 2.24 bits per heavy atom. The van der Waals surface area contributed by atoms with E-state index in [-0.39, 0.29) is 5.69 Å². The summed E-state index contributed by atoms with van der Waals surface area (Å²) in [5.74, 6) is -0.891. The molecule has 0 atom stereocenters. The molecule has 0 amide bonds. The number of anilines is 1. The van der Waals surface area contributed by atoms with Crippen LogP contribution in [0.4, 0.5) is 5.69 Å². The summed E-state index contributed by atoms with van der Waals surface area (Å²) in [6.07, 6.45) is 2.41. The maximum absolute atomic E-state index is 11.3. The molecule has 0 aliphatic carbocycles. The van der Waals surface area contributed by atoms with Gasteiger partial charge in [-0.15, -0.1) is 0 Å². The summed E-state index contributed by atoms with van der Waals surface area (Å²) in [5, 5.41) is 21.0. The average molecular weight is 233 g/mol. The van der Waals surface area contributed by atoms with Crippen molar-refractivity contribution in [3.8, 4) is 6.07 Å². The molecule has 0 saturated carbocycles. The van der Waals surface area contributed by atoms with E-state index < -0.39 is 11.5 Å². The quantitative estimate of drug-likeness (QED) is 0.812. The maximum Gasteiger partial charge on any atom is 0.329 e. The number of pyridine rings is 1. The van der Waals surface area contributed by atoms with E-state index in [2.05, 4.69) is 10.3 Å². The van der Waals surface area contributed by atoms with Gasteiger partial charge in [0.25, 0.3) is 0 Å². The number of carboxylic acid groups (broad SMARTS) is 1. The Morgan fingerprint density at radius 3 is 2.71 bits per heavy atom. The summed E-state index contributed by atoms with van der Waals surface area (Å²) in [6, 6.07) is 5.12. The van der Waals surface area contributed by atoms with Crippen LogP contribution in [0.1, 0.15) is 32.4 Å². The minimum Gasteiger partial charge on any atom is -0.480 e. The first-order chi connectivity index (χ1) is 8.07. The molecule has 0 bridgehead atoms. The van der Waals surface area contributed by atoms with Crippen LogP contribution in [0.5, 0.6) is 0 Å².